The minimum atomic E-state index is -0.681. The molecule has 30 heavy (non-hydrogen) atoms. The van der Waals surface area contributed by atoms with Crippen LogP contribution in [0.4, 0.5) is 4.79 Å². The SMILES string of the molecule is COc1ccc(CN2C[C@@H]3[C@H](C2)N(C(=O)OC(C)(C)C)C(=O)c2c(I)cnn23)cc1. The third-order valence-corrected chi connectivity index (χ3v) is 6.10. The maximum Gasteiger partial charge on any atom is 0.417 e. The molecule has 0 N–H and O–H groups in total. The Morgan fingerprint density at radius 1 is 1.20 bits per heavy atom. The fraction of sp³-hybridized carbons (Fsp3) is 0.476. The topological polar surface area (TPSA) is 76.9 Å². The van der Waals surface area contributed by atoms with Crippen molar-refractivity contribution in [2.75, 3.05) is 20.2 Å². The van der Waals surface area contributed by atoms with Crippen LogP contribution in [0.25, 0.3) is 0 Å². The van der Waals surface area contributed by atoms with E-state index in [0.29, 0.717) is 25.3 Å². The number of fused-ring (bicyclic) bond motifs is 3. The summed E-state index contributed by atoms with van der Waals surface area (Å²) >= 11 is 2.09. The second-order valence-corrected chi connectivity index (χ2v) is 9.78. The molecule has 0 aliphatic carbocycles. The second kappa shape index (κ2) is 7.84. The molecule has 2 aliphatic heterocycles. The van der Waals surface area contributed by atoms with Gasteiger partial charge in [0.1, 0.15) is 17.0 Å². The quantitative estimate of drug-likeness (QED) is 0.574. The number of nitrogens with zero attached hydrogens (tertiary/aromatic N) is 4. The summed E-state index contributed by atoms with van der Waals surface area (Å²) in [6.45, 7) is 7.37. The van der Waals surface area contributed by atoms with Crippen LogP contribution in [0.2, 0.25) is 0 Å². The lowest BCUT2D eigenvalue weighted by Crippen LogP contribution is -2.54. The molecule has 0 saturated carbocycles. The molecule has 0 bridgehead atoms. The molecule has 9 heteroatoms. The third-order valence-electron chi connectivity index (χ3n) is 5.31. The predicted molar refractivity (Wildman–Crippen MR) is 118 cm³/mol. The van der Waals surface area contributed by atoms with Crippen molar-refractivity contribution in [1.29, 1.82) is 0 Å². The summed E-state index contributed by atoms with van der Waals surface area (Å²) in [5.74, 6) is 0.463. The Morgan fingerprint density at radius 3 is 2.50 bits per heavy atom. The zero-order chi connectivity index (χ0) is 21.6. The van der Waals surface area contributed by atoms with Crippen molar-refractivity contribution < 1.29 is 19.1 Å². The number of hydrogen-bond donors (Lipinski definition) is 0. The van der Waals surface area contributed by atoms with Crippen LogP contribution in [0.5, 0.6) is 5.75 Å². The predicted octanol–water partition coefficient (Wildman–Crippen LogP) is 3.31. The smallest absolute Gasteiger partial charge is 0.417 e. The van der Waals surface area contributed by atoms with E-state index >= 15 is 0 Å². The lowest BCUT2D eigenvalue weighted by Gasteiger charge is -2.36. The van der Waals surface area contributed by atoms with E-state index in [9.17, 15) is 9.59 Å². The minimum Gasteiger partial charge on any atom is -0.497 e. The maximum atomic E-state index is 13.2. The molecule has 4 rings (SSSR count). The van der Waals surface area contributed by atoms with E-state index in [1.54, 1.807) is 38.8 Å². The number of hydrogen-bond acceptors (Lipinski definition) is 6. The molecule has 0 spiro atoms. The number of ether oxygens (including phenoxy) is 2. The van der Waals surface area contributed by atoms with E-state index in [4.69, 9.17) is 9.47 Å². The number of carbonyl (C=O) groups excluding carboxylic acids is 2. The van der Waals surface area contributed by atoms with Gasteiger partial charge in [0.25, 0.3) is 5.91 Å². The number of aromatic nitrogens is 2. The molecule has 2 aromatic rings. The number of imide groups is 1. The molecule has 8 nitrogen and oxygen atoms in total. The molecule has 1 saturated heterocycles. The van der Waals surface area contributed by atoms with Crippen LogP contribution in [0, 0.1) is 3.57 Å². The Morgan fingerprint density at radius 2 is 1.87 bits per heavy atom. The molecular formula is C21H25IN4O4. The van der Waals surface area contributed by atoms with E-state index in [1.807, 2.05) is 24.3 Å². The van der Waals surface area contributed by atoms with Crippen LogP contribution in [0.3, 0.4) is 0 Å². The van der Waals surface area contributed by atoms with Gasteiger partial charge in [-0.05, 0) is 61.1 Å². The van der Waals surface area contributed by atoms with Gasteiger partial charge in [-0.1, -0.05) is 12.1 Å². The highest BCUT2D eigenvalue weighted by Crippen LogP contribution is 2.36. The largest absolute Gasteiger partial charge is 0.497 e. The Labute approximate surface area is 189 Å². The lowest BCUT2D eigenvalue weighted by atomic mass is 10.1. The minimum absolute atomic E-state index is 0.105. The first-order valence-corrected chi connectivity index (χ1v) is 10.9. The zero-order valence-corrected chi connectivity index (χ0v) is 19.6. The number of rotatable bonds is 3. The summed E-state index contributed by atoms with van der Waals surface area (Å²) in [7, 11) is 1.64. The van der Waals surface area contributed by atoms with Gasteiger partial charge in [0.15, 0.2) is 0 Å². The molecule has 0 radical (unpaired) electrons. The first kappa shape index (κ1) is 21.1. The molecule has 0 unspecified atom stereocenters. The van der Waals surface area contributed by atoms with Gasteiger partial charge in [-0.25, -0.2) is 9.69 Å². The zero-order valence-electron chi connectivity index (χ0n) is 17.5. The number of benzene rings is 1. The monoisotopic (exact) mass is 524 g/mol. The first-order chi connectivity index (χ1) is 14.2. The summed E-state index contributed by atoms with van der Waals surface area (Å²) in [6, 6.07) is 7.49. The Kier molecular flexibility index (Phi) is 5.52. The van der Waals surface area contributed by atoms with E-state index in [2.05, 4.69) is 32.6 Å². The fourth-order valence-corrected chi connectivity index (χ4v) is 4.65. The highest BCUT2D eigenvalue weighted by Gasteiger charge is 2.50. The normalized spacial score (nSPS) is 21.4. The van der Waals surface area contributed by atoms with Gasteiger partial charge in [0.05, 0.1) is 29.0 Å². The second-order valence-electron chi connectivity index (χ2n) is 8.62. The van der Waals surface area contributed by atoms with Gasteiger partial charge in [0, 0.05) is 19.6 Å². The van der Waals surface area contributed by atoms with Gasteiger partial charge in [-0.2, -0.15) is 5.10 Å². The summed E-state index contributed by atoms with van der Waals surface area (Å²) in [5.41, 5.74) is 0.910. The molecule has 2 amide bonds. The summed E-state index contributed by atoms with van der Waals surface area (Å²) in [5, 5.41) is 4.45. The Balaban J connectivity index is 1.61. The van der Waals surface area contributed by atoms with Crippen molar-refractivity contribution in [3.05, 3.63) is 45.3 Å². The molecule has 1 aromatic carbocycles. The van der Waals surface area contributed by atoms with Crippen LogP contribution in [0.1, 0.15) is 42.9 Å². The van der Waals surface area contributed by atoms with Crippen LogP contribution < -0.4 is 4.74 Å². The lowest BCUT2D eigenvalue weighted by molar-refractivity contribution is 0.0101. The van der Waals surface area contributed by atoms with Gasteiger partial charge in [-0.3, -0.25) is 14.4 Å². The Hall–Kier alpha value is -2.14. The van der Waals surface area contributed by atoms with Crippen molar-refractivity contribution in [2.24, 2.45) is 0 Å². The van der Waals surface area contributed by atoms with Gasteiger partial charge < -0.3 is 9.47 Å². The summed E-state index contributed by atoms with van der Waals surface area (Å²) < 4.78 is 13.3. The third kappa shape index (κ3) is 3.92. The summed E-state index contributed by atoms with van der Waals surface area (Å²) in [6.07, 6.45) is 1.08. The molecule has 2 atom stereocenters. The number of carbonyl (C=O) groups is 2. The van der Waals surface area contributed by atoms with Gasteiger partial charge >= 0.3 is 6.09 Å². The van der Waals surface area contributed by atoms with Crippen molar-refractivity contribution in [3.63, 3.8) is 0 Å². The number of amides is 2. The Bertz CT molecular complexity index is 966. The van der Waals surface area contributed by atoms with Crippen LogP contribution in [0.15, 0.2) is 30.5 Å². The molecule has 2 aliphatic rings. The van der Waals surface area contributed by atoms with Crippen molar-refractivity contribution in [3.8, 4) is 5.75 Å². The molecule has 1 aromatic heterocycles. The maximum absolute atomic E-state index is 13.2. The number of likely N-dealkylation sites (tertiary alicyclic amines) is 1. The molecule has 1 fully saturated rings. The highest BCUT2D eigenvalue weighted by atomic mass is 127. The summed E-state index contributed by atoms with van der Waals surface area (Å²) in [4.78, 5) is 29.7. The number of methoxy groups -OCH3 is 1. The van der Waals surface area contributed by atoms with Crippen LogP contribution >= 0.6 is 22.6 Å². The molecule has 160 valence electrons. The van der Waals surface area contributed by atoms with E-state index in [0.717, 1.165) is 14.9 Å². The van der Waals surface area contributed by atoms with E-state index < -0.39 is 11.7 Å². The van der Waals surface area contributed by atoms with Crippen LogP contribution in [-0.4, -0.2) is 63.4 Å². The molecule has 3 heterocycles. The van der Waals surface area contributed by atoms with Crippen molar-refractivity contribution in [2.45, 2.75) is 45.0 Å². The van der Waals surface area contributed by atoms with Gasteiger partial charge in [-0.15, -0.1) is 0 Å². The first-order valence-electron chi connectivity index (χ1n) is 9.83. The highest BCUT2D eigenvalue weighted by molar-refractivity contribution is 14.1. The van der Waals surface area contributed by atoms with Crippen molar-refractivity contribution in [1.82, 2.24) is 19.6 Å². The standard InChI is InChI=1S/C21H25IN4O4/c1-21(2,3)30-20(28)25-16-11-24(10-13-5-7-14(29-4)8-6-13)12-17(16)26-18(19(25)27)15(22)9-23-26/h5-9,16-17H,10-12H2,1-4H3/t16-,17+/m0/s1. The average Bonchev–Trinajstić information content (AvgIpc) is 3.25. The van der Waals surface area contributed by atoms with Crippen molar-refractivity contribution >= 4 is 34.6 Å². The number of halogens is 1. The fourth-order valence-electron chi connectivity index (χ4n) is 4.05. The van der Waals surface area contributed by atoms with E-state index in [-0.39, 0.29) is 18.0 Å². The molecular weight excluding hydrogens is 499 g/mol. The van der Waals surface area contributed by atoms with Gasteiger partial charge in [0.2, 0.25) is 0 Å². The van der Waals surface area contributed by atoms with E-state index in [1.165, 1.54) is 4.90 Å². The average molecular weight is 524 g/mol. The van der Waals surface area contributed by atoms with Crippen LogP contribution in [-0.2, 0) is 11.3 Å².